The lowest BCUT2D eigenvalue weighted by Crippen LogP contribution is -2.26. The highest BCUT2D eigenvalue weighted by Crippen LogP contribution is 2.20. The van der Waals surface area contributed by atoms with E-state index < -0.39 is 0 Å². The van der Waals surface area contributed by atoms with Crippen LogP contribution in [0.3, 0.4) is 0 Å². The second-order valence-corrected chi connectivity index (χ2v) is 8.10. The Balaban J connectivity index is 1.32. The quantitative estimate of drug-likeness (QED) is 0.424. The van der Waals surface area contributed by atoms with E-state index in [4.69, 9.17) is 0 Å². The third-order valence-corrected chi connectivity index (χ3v) is 5.51. The molecule has 0 radical (unpaired) electrons. The third kappa shape index (κ3) is 5.56. The first-order valence-electron chi connectivity index (χ1n) is 10.1. The molecule has 2 N–H and O–H groups in total. The number of rotatable bonds is 7. The van der Waals surface area contributed by atoms with E-state index in [0.29, 0.717) is 12.5 Å². The molecule has 32 heavy (non-hydrogen) atoms. The molecule has 2 heterocycles. The summed E-state index contributed by atoms with van der Waals surface area (Å²) in [6.07, 6.45) is 7.70. The Morgan fingerprint density at radius 3 is 2.47 bits per heavy atom. The summed E-state index contributed by atoms with van der Waals surface area (Å²) in [6, 6.07) is 14.2. The Kier molecular flexibility index (Phi) is 6.57. The number of halogens is 1. The van der Waals surface area contributed by atoms with Gasteiger partial charge in [0.05, 0.1) is 12.1 Å². The van der Waals surface area contributed by atoms with Gasteiger partial charge in [0.25, 0.3) is 0 Å². The summed E-state index contributed by atoms with van der Waals surface area (Å²) < 4.78 is 15.1. The highest BCUT2D eigenvalue weighted by Gasteiger charge is 2.07. The van der Waals surface area contributed by atoms with E-state index in [-0.39, 0.29) is 18.1 Å². The smallest absolute Gasteiger partial charge is 0.227 e. The van der Waals surface area contributed by atoms with Crippen LogP contribution in [-0.2, 0) is 24.8 Å². The zero-order chi connectivity index (χ0) is 22.5. The first-order chi connectivity index (χ1) is 15.5. The highest BCUT2D eigenvalue weighted by molar-refractivity contribution is 7.27. The van der Waals surface area contributed by atoms with Crippen LogP contribution < -0.4 is 15.9 Å². The SMILES string of the molecule is Cn1ccc(Nc2ncc(-c3ccc(CC(=O)NCc4ccc(F)cc4P)cc3)cn2)c1. The number of nitrogens with one attached hydrogen (secondary N) is 2. The minimum atomic E-state index is -0.294. The maximum atomic E-state index is 13.2. The Hall–Kier alpha value is -3.57. The molecule has 8 heteroatoms. The van der Waals surface area contributed by atoms with Crippen molar-refractivity contribution in [1.29, 1.82) is 0 Å². The summed E-state index contributed by atoms with van der Waals surface area (Å²) in [5.41, 5.74) is 4.56. The van der Waals surface area contributed by atoms with E-state index in [9.17, 15) is 9.18 Å². The van der Waals surface area contributed by atoms with Crippen molar-refractivity contribution in [2.75, 3.05) is 5.32 Å². The lowest BCUT2D eigenvalue weighted by atomic mass is 10.0. The van der Waals surface area contributed by atoms with Gasteiger partial charge in [-0.2, -0.15) is 0 Å². The number of aromatic nitrogens is 3. The topological polar surface area (TPSA) is 71.8 Å². The molecule has 162 valence electrons. The number of anilines is 2. The number of carbonyl (C=O) groups is 1. The van der Waals surface area contributed by atoms with E-state index in [1.807, 2.05) is 54.3 Å². The molecule has 2 aromatic heterocycles. The van der Waals surface area contributed by atoms with E-state index in [2.05, 4.69) is 29.8 Å². The summed E-state index contributed by atoms with van der Waals surface area (Å²) in [5.74, 6) is 0.145. The van der Waals surface area contributed by atoms with Gasteiger partial charge in [-0.15, -0.1) is 9.24 Å². The van der Waals surface area contributed by atoms with Gasteiger partial charge in [0.2, 0.25) is 11.9 Å². The zero-order valence-electron chi connectivity index (χ0n) is 17.5. The Morgan fingerprint density at radius 1 is 1.06 bits per heavy atom. The Bertz CT molecular complexity index is 1220. The molecule has 0 bridgehead atoms. The molecule has 0 spiro atoms. The summed E-state index contributed by atoms with van der Waals surface area (Å²) in [4.78, 5) is 21.0. The van der Waals surface area contributed by atoms with Crippen LogP contribution >= 0.6 is 9.24 Å². The second-order valence-electron chi connectivity index (χ2n) is 7.48. The zero-order valence-corrected chi connectivity index (χ0v) is 18.7. The van der Waals surface area contributed by atoms with Crippen molar-refractivity contribution < 1.29 is 9.18 Å². The molecule has 4 rings (SSSR count). The number of nitrogens with zero attached hydrogens (tertiary/aromatic N) is 3. The van der Waals surface area contributed by atoms with Gasteiger partial charge in [0.15, 0.2) is 0 Å². The van der Waals surface area contributed by atoms with Gasteiger partial charge in [-0.1, -0.05) is 30.3 Å². The number of benzene rings is 2. The van der Waals surface area contributed by atoms with E-state index >= 15 is 0 Å². The molecule has 1 atom stereocenters. The van der Waals surface area contributed by atoms with Crippen molar-refractivity contribution in [3.8, 4) is 11.1 Å². The van der Waals surface area contributed by atoms with E-state index in [0.717, 1.165) is 33.2 Å². The molecule has 0 fully saturated rings. The number of hydrogen-bond donors (Lipinski definition) is 2. The predicted octanol–water partition coefficient (Wildman–Crippen LogP) is 3.72. The van der Waals surface area contributed by atoms with Crippen LogP contribution in [0.15, 0.2) is 73.3 Å². The number of hydrogen-bond acceptors (Lipinski definition) is 4. The van der Waals surface area contributed by atoms with Crippen LogP contribution in [0.2, 0.25) is 0 Å². The lowest BCUT2D eigenvalue weighted by molar-refractivity contribution is -0.120. The molecule has 0 aliphatic rings. The minimum absolute atomic E-state index is 0.0915. The molecule has 1 amide bonds. The normalized spacial score (nSPS) is 10.7. The average molecular weight is 447 g/mol. The van der Waals surface area contributed by atoms with Crippen molar-refractivity contribution in [3.05, 3.63) is 90.3 Å². The third-order valence-electron chi connectivity index (χ3n) is 4.98. The van der Waals surface area contributed by atoms with Gasteiger partial charge in [-0.05, 0) is 40.2 Å². The van der Waals surface area contributed by atoms with Crippen LogP contribution in [0, 0.1) is 5.82 Å². The Labute approximate surface area is 188 Å². The van der Waals surface area contributed by atoms with E-state index in [1.165, 1.54) is 12.1 Å². The van der Waals surface area contributed by atoms with E-state index in [1.54, 1.807) is 18.5 Å². The van der Waals surface area contributed by atoms with Crippen molar-refractivity contribution in [3.63, 3.8) is 0 Å². The van der Waals surface area contributed by atoms with Crippen molar-refractivity contribution >= 4 is 32.1 Å². The molecular weight excluding hydrogens is 424 g/mol. The van der Waals surface area contributed by atoms with Crippen molar-refractivity contribution in [1.82, 2.24) is 19.9 Å². The number of amides is 1. The first-order valence-corrected chi connectivity index (χ1v) is 10.6. The van der Waals surface area contributed by atoms with Crippen LogP contribution in [0.4, 0.5) is 16.0 Å². The van der Waals surface area contributed by atoms with Crippen LogP contribution in [-0.4, -0.2) is 20.4 Å². The van der Waals surface area contributed by atoms with Crippen molar-refractivity contribution in [2.24, 2.45) is 7.05 Å². The van der Waals surface area contributed by atoms with Gasteiger partial charge in [0.1, 0.15) is 5.82 Å². The molecule has 0 aliphatic heterocycles. The largest absolute Gasteiger partial charge is 0.355 e. The van der Waals surface area contributed by atoms with Crippen molar-refractivity contribution in [2.45, 2.75) is 13.0 Å². The summed E-state index contributed by atoms with van der Waals surface area (Å²) in [7, 11) is 4.44. The fourth-order valence-electron chi connectivity index (χ4n) is 3.23. The van der Waals surface area contributed by atoms with Crippen LogP contribution in [0.25, 0.3) is 11.1 Å². The average Bonchev–Trinajstić information content (AvgIpc) is 3.19. The molecule has 0 saturated carbocycles. The minimum Gasteiger partial charge on any atom is -0.355 e. The lowest BCUT2D eigenvalue weighted by Gasteiger charge is -2.09. The van der Waals surface area contributed by atoms with Crippen LogP contribution in [0.5, 0.6) is 0 Å². The summed E-state index contributed by atoms with van der Waals surface area (Å²) in [5, 5.41) is 6.77. The van der Waals surface area contributed by atoms with Gasteiger partial charge >= 0.3 is 0 Å². The maximum Gasteiger partial charge on any atom is 0.227 e. The van der Waals surface area contributed by atoms with Gasteiger partial charge in [0, 0.05) is 43.9 Å². The molecule has 0 saturated heterocycles. The first kappa shape index (κ1) is 21.7. The molecule has 2 aromatic carbocycles. The molecular formula is C24H23FN5OP. The van der Waals surface area contributed by atoms with Gasteiger partial charge in [-0.25, -0.2) is 14.4 Å². The fraction of sp³-hybridized carbons (Fsp3) is 0.125. The van der Waals surface area contributed by atoms with Gasteiger partial charge in [-0.3, -0.25) is 4.79 Å². The molecule has 6 nitrogen and oxygen atoms in total. The molecule has 1 unspecified atom stereocenters. The monoisotopic (exact) mass is 447 g/mol. The second kappa shape index (κ2) is 9.71. The van der Waals surface area contributed by atoms with Crippen LogP contribution in [0.1, 0.15) is 11.1 Å². The van der Waals surface area contributed by atoms with Gasteiger partial charge < -0.3 is 15.2 Å². The molecule has 0 aliphatic carbocycles. The molecule has 4 aromatic rings. The predicted molar refractivity (Wildman–Crippen MR) is 127 cm³/mol. The summed E-state index contributed by atoms with van der Waals surface area (Å²) >= 11 is 0. The summed E-state index contributed by atoms with van der Waals surface area (Å²) in [6.45, 7) is 0.358. The fourth-order valence-corrected chi connectivity index (χ4v) is 3.59. The standard InChI is InChI=1S/C24H23FN5OP/c1-30-9-8-21(15-30)29-24-27-13-19(14-28-24)17-4-2-16(3-5-17)10-23(31)26-12-18-6-7-20(25)11-22(18)32/h2-9,11,13-15H,10,12,32H2,1H3,(H,26,31)(H,27,28,29). The Morgan fingerprint density at radius 2 is 1.81 bits per heavy atom. The highest BCUT2D eigenvalue weighted by atomic mass is 31.0. The maximum absolute atomic E-state index is 13.2. The number of carbonyl (C=O) groups excluding carboxylic acids is 1. The number of aryl methyl sites for hydroxylation is 1.